The van der Waals surface area contributed by atoms with Crippen molar-refractivity contribution in [3.05, 3.63) is 21.4 Å². The minimum absolute atomic E-state index is 0.0228. The van der Waals surface area contributed by atoms with Gasteiger partial charge in [-0.25, -0.2) is 0 Å². The van der Waals surface area contributed by atoms with Gasteiger partial charge in [0.25, 0.3) is 0 Å². The van der Waals surface area contributed by atoms with Gasteiger partial charge in [0.2, 0.25) is 0 Å². The maximum Gasteiger partial charge on any atom is 0.411 e. The molecule has 1 atom stereocenters. The van der Waals surface area contributed by atoms with Crippen molar-refractivity contribution in [1.82, 2.24) is 0 Å². The quantitative estimate of drug-likeness (QED) is 0.830. The van der Waals surface area contributed by atoms with Crippen LogP contribution in [0.1, 0.15) is 27.8 Å². The van der Waals surface area contributed by atoms with E-state index in [0.717, 1.165) is 15.3 Å². The number of nitrogens with two attached hydrogens (primary N) is 1. The van der Waals surface area contributed by atoms with Crippen molar-refractivity contribution in [2.45, 2.75) is 32.5 Å². The number of rotatable bonds is 5. The number of hydrogen-bond donors (Lipinski definition) is 1. The maximum atomic E-state index is 11.8. The zero-order chi connectivity index (χ0) is 13.1. The van der Waals surface area contributed by atoms with Crippen molar-refractivity contribution in [3.8, 4) is 0 Å². The van der Waals surface area contributed by atoms with Crippen molar-refractivity contribution in [1.29, 1.82) is 0 Å². The molecule has 1 rings (SSSR count). The Morgan fingerprint density at radius 3 is 2.53 bits per heavy atom. The Morgan fingerprint density at radius 1 is 1.41 bits per heavy atom. The van der Waals surface area contributed by atoms with E-state index in [-0.39, 0.29) is 12.6 Å². The topological polar surface area (TPSA) is 35.2 Å². The summed E-state index contributed by atoms with van der Waals surface area (Å²) in [5, 5.41) is 0. The first-order valence-corrected chi connectivity index (χ1v) is 6.08. The van der Waals surface area contributed by atoms with Gasteiger partial charge >= 0.3 is 6.18 Å². The van der Waals surface area contributed by atoms with Gasteiger partial charge in [-0.15, -0.1) is 11.3 Å². The summed E-state index contributed by atoms with van der Waals surface area (Å²) in [6, 6.07) is 1.72. The number of ether oxygens (including phenoxy) is 1. The van der Waals surface area contributed by atoms with Crippen molar-refractivity contribution in [2.75, 3.05) is 13.2 Å². The minimum atomic E-state index is -4.26. The average Bonchev–Trinajstić information content (AvgIpc) is 2.51. The summed E-state index contributed by atoms with van der Waals surface area (Å²) in [4.78, 5) is 2.27. The Morgan fingerprint density at radius 2 is 2.06 bits per heavy atom. The molecule has 1 aromatic rings. The van der Waals surface area contributed by atoms with E-state index in [1.54, 1.807) is 11.3 Å². The maximum absolute atomic E-state index is 11.8. The molecule has 17 heavy (non-hydrogen) atoms. The molecule has 2 nitrogen and oxygen atoms in total. The average molecular weight is 267 g/mol. The second-order valence-electron chi connectivity index (χ2n) is 3.93. The summed E-state index contributed by atoms with van der Waals surface area (Å²) in [5.41, 5.74) is 6.91. The lowest BCUT2D eigenvalue weighted by Crippen LogP contribution is -2.19. The number of hydrogen-bond acceptors (Lipinski definition) is 3. The highest BCUT2D eigenvalue weighted by Crippen LogP contribution is 2.26. The lowest BCUT2D eigenvalue weighted by atomic mass is 10.1. The number of halogens is 3. The van der Waals surface area contributed by atoms with Crippen LogP contribution in [0.5, 0.6) is 0 Å². The first-order chi connectivity index (χ1) is 7.79. The Hall–Kier alpha value is -0.590. The van der Waals surface area contributed by atoms with E-state index in [1.807, 2.05) is 19.9 Å². The third-order valence-corrected chi connectivity index (χ3v) is 3.30. The van der Waals surface area contributed by atoms with Gasteiger partial charge in [-0.05, 0) is 31.9 Å². The molecule has 0 saturated carbocycles. The van der Waals surface area contributed by atoms with Crippen LogP contribution < -0.4 is 5.73 Å². The summed E-state index contributed by atoms with van der Waals surface area (Å²) in [6.45, 7) is 2.76. The van der Waals surface area contributed by atoms with E-state index >= 15 is 0 Å². The van der Waals surface area contributed by atoms with Crippen LogP contribution in [0.3, 0.4) is 0 Å². The molecular formula is C11H16F3NOS. The molecule has 0 saturated heterocycles. The van der Waals surface area contributed by atoms with Crippen molar-refractivity contribution < 1.29 is 17.9 Å². The van der Waals surface area contributed by atoms with Gasteiger partial charge in [-0.3, -0.25) is 0 Å². The predicted octanol–water partition coefficient (Wildman–Crippen LogP) is 3.33. The van der Waals surface area contributed by atoms with Crippen LogP contribution in [0.25, 0.3) is 0 Å². The van der Waals surface area contributed by atoms with Crippen LogP contribution in [0.4, 0.5) is 13.2 Å². The fourth-order valence-electron chi connectivity index (χ4n) is 1.57. The van der Waals surface area contributed by atoms with Gasteiger partial charge in [0, 0.05) is 22.4 Å². The summed E-state index contributed by atoms with van der Waals surface area (Å²) >= 11 is 1.64. The Bertz CT molecular complexity index is 362. The Balaban J connectivity index is 2.35. The summed E-state index contributed by atoms with van der Waals surface area (Å²) < 4.78 is 40.0. The number of thiophene rings is 1. The predicted molar refractivity (Wildman–Crippen MR) is 62.2 cm³/mol. The molecule has 6 heteroatoms. The minimum Gasteiger partial charge on any atom is -0.372 e. The van der Waals surface area contributed by atoms with E-state index in [2.05, 4.69) is 4.74 Å². The molecule has 0 aromatic carbocycles. The van der Waals surface area contributed by atoms with Gasteiger partial charge < -0.3 is 10.5 Å². The smallest absolute Gasteiger partial charge is 0.372 e. The monoisotopic (exact) mass is 267 g/mol. The van der Waals surface area contributed by atoms with Crippen LogP contribution in [0, 0.1) is 13.8 Å². The number of aryl methyl sites for hydroxylation is 2. The summed E-state index contributed by atoms with van der Waals surface area (Å²) in [6.07, 6.45) is -3.87. The molecule has 1 heterocycles. The van der Waals surface area contributed by atoms with Gasteiger partial charge in [-0.2, -0.15) is 13.2 Å². The highest BCUT2D eigenvalue weighted by molar-refractivity contribution is 7.12. The molecule has 0 spiro atoms. The highest BCUT2D eigenvalue weighted by atomic mass is 32.1. The molecule has 0 aliphatic heterocycles. The summed E-state index contributed by atoms with van der Waals surface area (Å²) in [7, 11) is 0. The molecule has 1 aromatic heterocycles. The SMILES string of the molecule is Cc1cc(C(N)CCOCC(F)(F)F)c(C)s1. The third-order valence-electron chi connectivity index (χ3n) is 2.32. The molecule has 98 valence electrons. The van der Waals surface area contributed by atoms with E-state index in [1.165, 1.54) is 0 Å². The van der Waals surface area contributed by atoms with Gasteiger partial charge in [0.15, 0.2) is 0 Å². The zero-order valence-electron chi connectivity index (χ0n) is 9.80. The largest absolute Gasteiger partial charge is 0.411 e. The van der Waals surface area contributed by atoms with E-state index in [0.29, 0.717) is 6.42 Å². The molecule has 1 unspecified atom stereocenters. The molecule has 0 bridgehead atoms. The third kappa shape index (κ3) is 5.06. The molecule has 0 amide bonds. The normalized spacial score (nSPS) is 14.0. The second-order valence-corrected chi connectivity index (χ2v) is 5.39. The lowest BCUT2D eigenvalue weighted by Gasteiger charge is -2.12. The molecule has 2 N–H and O–H groups in total. The summed E-state index contributed by atoms with van der Waals surface area (Å²) in [5.74, 6) is 0. The molecule has 0 aliphatic carbocycles. The van der Waals surface area contributed by atoms with Gasteiger partial charge in [0.1, 0.15) is 6.61 Å². The lowest BCUT2D eigenvalue weighted by molar-refractivity contribution is -0.174. The fourth-order valence-corrected chi connectivity index (χ4v) is 2.57. The second kappa shape index (κ2) is 5.84. The highest BCUT2D eigenvalue weighted by Gasteiger charge is 2.27. The van der Waals surface area contributed by atoms with Gasteiger partial charge in [0.05, 0.1) is 0 Å². The molecular weight excluding hydrogens is 251 g/mol. The molecule has 0 radical (unpaired) electrons. The number of alkyl halides is 3. The van der Waals surface area contributed by atoms with Crippen LogP contribution in [0.2, 0.25) is 0 Å². The van der Waals surface area contributed by atoms with Crippen LogP contribution in [0.15, 0.2) is 6.07 Å². The van der Waals surface area contributed by atoms with E-state index < -0.39 is 12.8 Å². The van der Waals surface area contributed by atoms with Crippen molar-refractivity contribution in [2.24, 2.45) is 5.73 Å². The first-order valence-electron chi connectivity index (χ1n) is 5.26. The molecule has 0 aliphatic rings. The van der Waals surface area contributed by atoms with E-state index in [4.69, 9.17) is 5.73 Å². The fraction of sp³-hybridized carbons (Fsp3) is 0.636. The van der Waals surface area contributed by atoms with Crippen LogP contribution in [-0.2, 0) is 4.74 Å². The van der Waals surface area contributed by atoms with Crippen LogP contribution in [-0.4, -0.2) is 19.4 Å². The standard InChI is InChI=1S/C11H16F3NOS/c1-7-5-9(8(2)17-7)10(15)3-4-16-6-11(12,13)14/h5,10H,3-4,6,15H2,1-2H3. The van der Waals surface area contributed by atoms with Crippen molar-refractivity contribution in [3.63, 3.8) is 0 Å². The molecule has 0 fully saturated rings. The zero-order valence-corrected chi connectivity index (χ0v) is 10.6. The Kier molecular flexibility index (Phi) is 4.97. The van der Waals surface area contributed by atoms with E-state index in [9.17, 15) is 13.2 Å². The van der Waals surface area contributed by atoms with Crippen LogP contribution >= 0.6 is 11.3 Å². The van der Waals surface area contributed by atoms with Crippen molar-refractivity contribution >= 4 is 11.3 Å². The Labute approximate surface area is 103 Å². The first kappa shape index (κ1) is 14.5. The van der Waals surface area contributed by atoms with Gasteiger partial charge in [-0.1, -0.05) is 0 Å².